The predicted octanol–water partition coefficient (Wildman–Crippen LogP) is 1.35. The van der Waals surface area contributed by atoms with Crippen molar-refractivity contribution in [2.24, 2.45) is 0 Å². The average Bonchev–Trinajstić information content (AvgIpc) is 2.49. The minimum absolute atomic E-state index is 0.485. The lowest BCUT2D eigenvalue weighted by molar-refractivity contribution is 0.883. The van der Waals surface area contributed by atoms with Crippen molar-refractivity contribution in [1.29, 1.82) is 0 Å². The summed E-state index contributed by atoms with van der Waals surface area (Å²) in [4.78, 5) is 0. The summed E-state index contributed by atoms with van der Waals surface area (Å²) >= 11 is 0. The van der Waals surface area contributed by atoms with Crippen molar-refractivity contribution in [3.05, 3.63) is 36.0 Å². The lowest BCUT2D eigenvalue weighted by atomic mass is 10.2. The highest BCUT2D eigenvalue weighted by Gasteiger charge is 2.07. The maximum Gasteiger partial charge on any atom is 0.150 e. The van der Waals surface area contributed by atoms with Crippen LogP contribution in [0.2, 0.25) is 0 Å². The van der Waals surface area contributed by atoms with E-state index < -0.39 is 0 Å². The van der Waals surface area contributed by atoms with Crippen LogP contribution in [0.25, 0.3) is 5.69 Å². The highest BCUT2D eigenvalue weighted by Crippen LogP contribution is 2.20. The second-order valence-electron chi connectivity index (χ2n) is 3.18. The van der Waals surface area contributed by atoms with Crippen LogP contribution in [0.3, 0.4) is 0 Å². The van der Waals surface area contributed by atoms with Gasteiger partial charge in [-0.15, -0.1) is 0 Å². The Balaban J connectivity index is 2.60. The molecule has 4 N–H and O–H groups in total. The zero-order valence-corrected chi connectivity index (χ0v) is 7.94. The summed E-state index contributed by atoms with van der Waals surface area (Å²) in [6.07, 6.45) is 1.56. The fourth-order valence-electron chi connectivity index (χ4n) is 1.36. The molecule has 0 aliphatic carbocycles. The Morgan fingerprint density at radius 1 is 1.21 bits per heavy atom. The topological polar surface area (TPSA) is 69.9 Å². The molecule has 0 aliphatic heterocycles. The Morgan fingerprint density at radius 2 is 1.93 bits per heavy atom. The van der Waals surface area contributed by atoms with Crippen LogP contribution in [0.1, 0.15) is 5.56 Å². The summed E-state index contributed by atoms with van der Waals surface area (Å²) in [7, 11) is 0. The lowest BCUT2D eigenvalue weighted by Gasteiger charge is -2.06. The Labute approximate surface area is 82.1 Å². The van der Waals surface area contributed by atoms with Gasteiger partial charge >= 0.3 is 0 Å². The predicted molar refractivity (Wildman–Crippen MR) is 57.1 cm³/mol. The number of benzene rings is 1. The number of para-hydroxylation sites is 1. The van der Waals surface area contributed by atoms with E-state index in [0.29, 0.717) is 11.5 Å². The Morgan fingerprint density at radius 3 is 2.50 bits per heavy atom. The Kier molecular flexibility index (Phi) is 1.89. The average molecular weight is 188 g/mol. The third-order valence-corrected chi connectivity index (χ3v) is 2.18. The molecule has 0 saturated heterocycles. The summed E-state index contributed by atoms with van der Waals surface area (Å²) in [6, 6.07) is 7.88. The molecule has 1 aromatic carbocycles. The van der Waals surface area contributed by atoms with Gasteiger partial charge < -0.3 is 11.5 Å². The molecular formula is C10H12N4. The minimum Gasteiger partial charge on any atom is -0.394 e. The second-order valence-corrected chi connectivity index (χ2v) is 3.18. The maximum absolute atomic E-state index is 5.78. The Bertz CT molecular complexity index is 459. The third-order valence-electron chi connectivity index (χ3n) is 2.18. The van der Waals surface area contributed by atoms with Crippen LogP contribution in [0.15, 0.2) is 30.5 Å². The molecule has 1 aromatic heterocycles. The summed E-state index contributed by atoms with van der Waals surface area (Å²) in [5.74, 6) is 0.485. The highest BCUT2D eigenvalue weighted by molar-refractivity contribution is 5.61. The molecule has 0 radical (unpaired) electrons. The van der Waals surface area contributed by atoms with Gasteiger partial charge in [-0.2, -0.15) is 5.10 Å². The van der Waals surface area contributed by atoms with Crippen LogP contribution in [0.5, 0.6) is 0 Å². The smallest absolute Gasteiger partial charge is 0.150 e. The van der Waals surface area contributed by atoms with Crippen molar-refractivity contribution in [3.63, 3.8) is 0 Å². The van der Waals surface area contributed by atoms with Crippen molar-refractivity contribution in [3.8, 4) is 5.69 Å². The summed E-state index contributed by atoms with van der Waals surface area (Å²) < 4.78 is 1.64. The number of nitrogens with zero attached hydrogens (tertiary/aromatic N) is 2. The van der Waals surface area contributed by atoms with Crippen LogP contribution in [-0.4, -0.2) is 9.78 Å². The van der Waals surface area contributed by atoms with Gasteiger partial charge in [0, 0.05) is 0 Å². The molecule has 2 rings (SSSR count). The molecule has 4 nitrogen and oxygen atoms in total. The fraction of sp³-hybridized carbons (Fsp3) is 0.100. The quantitative estimate of drug-likeness (QED) is 0.709. The first-order chi connectivity index (χ1) is 6.70. The summed E-state index contributed by atoms with van der Waals surface area (Å²) in [5, 5.41) is 4.11. The standard InChI is InChI=1S/C10H12N4/c1-7-4-2-3-5-9(7)14-10(12)8(11)6-13-14/h2-6H,11-12H2,1H3. The molecule has 2 aromatic rings. The number of anilines is 2. The number of hydrogen-bond acceptors (Lipinski definition) is 3. The van der Waals surface area contributed by atoms with Crippen LogP contribution in [0, 0.1) is 6.92 Å². The van der Waals surface area contributed by atoms with E-state index in [1.165, 1.54) is 0 Å². The monoisotopic (exact) mass is 188 g/mol. The van der Waals surface area contributed by atoms with Crippen molar-refractivity contribution in [2.75, 3.05) is 11.5 Å². The largest absolute Gasteiger partial charge is 0.394 e. The Hall–Kier alpha value is -1.97. The van der Waals surface area contributed by atoms with Gasteiger partial charge in [0.25, 0.3) is 0 Å². The molecule has 0 atom stereocenters. The molecule has 4 heteroatoms. The molecule has 1 heterocycles. The van der Waals surface area contributed by atoms with Crippen LogP contribution >= 0.6 is 0 Å². The second kappa shape index (κ2) is 3.06. The first-order valence-electron chi connectivity index (χ1n) is 4.35. The molecule has 14 heavy (non-hydrogen) atoms. The zero-order valence-electron chi connectivity index (χ0n) is 7.94. The third kappa shape index (κ3) is 1.21. The van der Waals surface area contributed by atoms with E-state index in [1.807, 2.05) is 31.2 Å². The number of nitrogen functional groups attached to an aromatic ring is 2. The molecule has 72 valence electrons. The van der Waals surface area contributed by atoms with E-state index >= 15 is 0 Å². The molecular weight excluding hydrogens is 176 g/mol. The van der Waals surface area contributed by atoms with Crippen molar-refractivity contribution in [1.82, 2.24) is 9.78 Å². The number of aromatic nitrogens is 2. The van der Waals surface area contributed by atoms with Gasteiger partial charge in [-0.25, -0.2) is 4.68 Å². The van der Waals surface area contributed by atoms with Gasteiger partial charge in [0.1, 0.15) is 5.82 Å². The normalized spacial score (nSPS) is 10.4. The van der Waals surface area contributed by atoms with E-state index in [-0.39, 0.29) is 0 Å². The van der Waals surface area contributed by atoms with Gasteiger partial charge in [-0.1, -0.05) is 18.2 Å². The first-order valence-corrected chi connectivity index (χ1v) is 4.35. The number of hydrogen-bond donors (Lipinski definition) is 2. The van der Waals surface area contributed by atoms with Crippen LogP contribution in [-0.2, 0) is 0 Å². The van der Waals surface area contributed by atoms with E-state index in [2.05, 4.69) is 5.10 Å². The SMILES string of the molecule is Cc1ccccc1-n1ncc(N)c1N. The van der Waals surface area contributed by atoms with Crippen LogP contribution < -0.4 is 11.5 Å². The first kappa shape index (κ1) is 8.62. The molecule has 0 aliphatic rings. The van der Waals surface area contributed by atoms with Gasteiger partial charge in [0.05, 0.1) is 17.6 Å². The molecule has 0 amide bonds. The van der Waals surface area contributed by atoms with Gasteiger partial charge in [-0.05, 0) is 18.6 Å². The van der Waals surface area contributed by atoms with Crippen LogP contribution in [0.4, 0.5) is 11.5 Å². The van der Waals surface area contributed by atoms with Crippen molar-refractivity contribution >= 4 is 11.5 Å². The molecule has 0 bridgehead atoms. The zero-order chi connectivity index (χ0) is 10.1. The molecule has 0 spiro atoms. The van der Waals surface area contributed by atoms with Gasteiger partial charge in [0.2, 0.25) is 0 Å². The number of rotatable bonds is 1. The van der Waals surface area contributed by atoms with Gasteiger partial charge in [0.15, 0.2) is 0 Å². The highest BCUT2D eigenvalue weighted by atomic mass is 15.3. The molecule has 0 fully saturated rings. The summed E-state index contributed by atoms with van der Waals surface area (Å²) in [6.45, 7) is 2.01. The maximum atomic E-state index is 5.78. The summed E-state index contributed by atoms with van der Waals surface area (Å²) in [5.41, 5.74) is 14.0. The van der Waals surface area contributed by atoms with E-state index in [9.17, 15) is 0 Å². The van der Waals surface area contributed by atoms with E-state index in [1.54, 1.807) is 10.9 Å². The molecule has 0 unspecified atom stereocenters. The lowest BCUT2D eigenvalue weighted by Crippen LogP contribution is -2.04. The number of nitrogens with two attached hydrogens (primary N) is 2. The minimum atomic E-state index is 0.485. The van der Waals surface area contributed by atoms with Crippen molar-refractivity contribution < 1.29 is 0 Å². The van der Waals surface area contributed by atoms with Gasteiger partial charge in [-0.3, -0.25) is 0 Å². The fourth-order valence-corrected chi connectivity index (χ4v) is 1.36. The van der Waals surface area contributed by atoms with E-state index in [4.69, 9.17) is 11.5 Å². The molecule has 0 saturated carbocycles. The number of aryl methyl sites for hydroxylation is 1. The van der Waals surface area contributed by atoms with E-state index in [0.717, 1.165) is 11.3 Å². The van der Waals surface area contributed by atoms with Crippen molar-refractivity contribution in [2.45, 2.75) is 6.92 Å².